The second-order valence-corrected chi connectivity index (χ2v) is 6.58. The van der Waals surface area contributed by atoms with Crippen LogP contribution in [-0.2, 0) is 11.3 Å². The fourth-order valence-corrected chi connectivity index (χ4v) is 3.34. The molecule has 0 amide bonds. The molecule has 0 radical (unpaired) electrons. The minimum absolute atomic E-state index is 0.0791. The number of morpholine rings is 1. The van der Waals surface area contributed by atoms with Crippen LogP contribution in [0.5, 0.6) is 11.5 Å². The third kappa shape index (κ3) is 3.75. The average molecular weight is 341 g/mol. The lowest BCUT2D eigenvalue weighted by atomic mass is 10.1. The Morgan fingerprint density at radius 1 is 1.00 bits per heavy atom. The molecule has 2 aliphatic rings. The van der Waals surface area contributed by atoms with Crippen LogP contribution in [0.2, 0.25) is 0 Å². The molecule has 6 heteroatoms. The molecule has 1 unspecified atom stereocenters. The average Bonchev–Trinajstić information content (AvgIpc) is 2.61. The number of benzene rings is 1. The van der Waals surface area contributed by atoms with Gasteiger partial charge in [-0.15, -0.1) is 0 Å². The zero-order valence-corrected chi connectivity index (χ0v) is 14.7. The van der Waals surface area contributed by atoms with Crippen LogP contribution in [0.4, 0.5) is 0 Å². The Labute approximate surface area is 147 Å². The van der Waals surface area contributed by atoms with Gasteiger partial charge in [0.15, 0.2) is 17.3 Å². The summed E-state index contributed by atoms with van der Waals surface area (Å²) in [5.41, 5.74) is 3.18. The van der Waals surface area contributed by atoms with E-state index in [1.54, 1.807) is 0 Å². The van der Waals surface area contributed by atoms with Crippen LogP contribution in [0.1, 0.15) is 28.9 Å². The summed E-state index contributed by atoms with van der Waals surface area (Å²) < 4.78 is 17.2. The van der Waals surface area contributed by atoms with Crippen molar-refractivity contribution in [3.63, 3.8) is 0 Å². The Morgan fingerprint density at radius 2 is 1.76 bits per heavy atom. The molecule has 4 rings (SSSR count). The van der Waals surface area contributed by atoms with Crippen LogP contribution in [0.3, 0.4) is 0 Å². The third-order valence-electron chi connectivity index (χ3n) is 4.45. The topological polar surface area (TPSA) is 56.7 Å². The maximum absolute atomic E-state index is 5.92. The van der Waals surface area contributed by atoms with Crippen molar-refractivity contribution >= 4 is 0 Å². The van der Waals surface area contributed by atoms with Gasteiger partial charge in [-0.1, -0.05) is 6.07 Å². The highest BCUT2D eigenvalue weighted by Gasteiger charge is 2.25. The molecule has 1 saturated heterocycles. The van der Waals surface area contributed by atoms with E-state index in [0.29, 0.717) is 19.8 Å². The van der Waals surface area contributed by atoms with Gasteiger partial charge in [-0.2, -0.15) is 0 Å². The summed E-state index contributed by atoms with van der Waals surface area (Å²) in [6, 6.07) is 8.16. The van der Waals surface area contributed by atoms with E-state index in [0.717, 1.165) is 48.3 Å². The lowest BCUT2D eigenvalue weighted by Crippen LogP contribution is -2.38. The summed E-state index contributed by atoms with van der Waals surface area (Å²) in [6.45, 7) is 8.44. The SMILES string of the molecule is Cc1cc(C)nc(C2CN(Cc3ccc4c(c3)OCCO4)CCO2)n1. The van der Waals surface area contributed by atoms with E-state index in [1.807, 2.05) is 26.0 Å². The first kappa shape index (κ1) is 16.3. The smallest absolute Gasteiger partial charge is 0.161 e. The molecule has 1 fully saturated rings. The van der Waals surface area contributed by atoms with E-state index in [4.69, 9.17) is 14.2 Å². The summed E-state index contributed by atoms with van der Waals surface area (Å²) in [6.07, 6.45) is -0.0791. The van der Waals surface area contributed by atoms with Crippen molar-refractivity contribution in [1.29, 1.82) is 0 Å². The number of ether oxygens (including phenoxy) is 3. The van der Waals surface area contributed by atoms with Crippen LogP contribution < -0.4 is 9.47 Å². The Hall–Kier alpha value is -2.18. The Bertz CT molecular complexity index is 745. The van der Waals surface area contributed by atoms with Crippen LogP contribution in [0.15, 0.2) is 24.3 Å². The van der Waals surface area contributed by atoms with Gasteiger partial charge < -0.3 is 14.2 Å². The van der Waals surface area contributed by atoms with E-state index in [1.165, 1.54) is 5.56 Å². The number of hydrogen-bond donors (Lipinski definition) is 0. The molecule has 0 spiro atoms. The quantitative estimate of drug-likeness (QED) is 0.855. The highest BCUT2D eigenvalue weighted by Crippen LogP contribution is 2.31. The third-order valence-corrected chi connectivity index (χ3v) is 4.45. The van der Waals surface area contributed by atoms with Crippen molar-refractivity contribution in [2.24, 2.45) is 0 Å². The Kier molecular flexibility index (Phi) is 4.55. The molecule has 6 nitrogen and oxygen atoms in total. The number of hydrogen-bond acceptors (Lipinski definition) is 6. The first-order valence-corrected chi connectivity index (χ1v) is 8.72. The second-order valence-electron chi connectivity index (χ2n) is 6.58. The molecule has 25 heavy (non-hydrogen) atoms. The van der Waals surface area contributed by atoms with Crippen molar-refractivity contribution in [3.05, 3.63) is 47.0 Å². The normalized spacial score (nSPS) is 20.5. The molecule has 2 aromatic rings. The van der Waals surface area contributed by atoms with Gasteiger partial charge in [0.1, 0.15) is 19.3 Å². The maximum Gasteiger partial charge on any atom is 0.161 e. The first-order valence-electron chi connectivity index (χ1n) is 8.72. The highest BCUT2D eigenvalue weighted by molar-refractivity contribution is 5.43. The summed E-state index contributed by atoms with van der Waals surface area (Å²) in [5.74, 6) is 2.45. The molecule has 0 bridgehead atoms. The number of aryl methyl sites for hydroxylation is 2. The van der Waals surface area contributed by atoms with Crippen molar-refractivity contribution in [2.75, 3.05) is 32.9 Å². The Morgan fingerprint density at radius 3 is 2.56 bits per heavy atom. The largest absolute Gasteiger partial charge is 0.486 e. The van der Waals surface area contributed by atoms with Gasteiger partial charge in [0.05, 0.1) is 6.61 Å². The molecule has 0 aliphatic carbocycles. The van der Waals surface area contributed by atoms with Crippen molar-refractivity contribution in [1.82, 2.24) is 14.9 Å². The fraction of sp³-hybridized carbons (Fsp3) is 0.474. The predicted molar refractivity (Wildman–Crippen MR) is 92.9 cm³/mol. The van der Waals surface area contributed by atoms with E-state index >= 15 is 0 Å². The highest BCUT2D eigenvalue weighted by atomic mass is 16.6. The monoisotopic (exact) mass is 341 g/mol. The van der Waals surface area contributed by atoms with E-state index in [2.05, 4.69) is 27.0 Å². The van der Waals surface area contributed by atoms with Gasteiger partial charge in [-0.25, -0.2) is 9.97 Å². The fourth-order valence-electron chi connectivity index (χ4n) is 3.34. The van der Waals surface area contributed by atoms with E-state index in [-0.39, 0.29) is 6.10 Å². The van der Waals surface area contributed by atoms with Crippen LogP contribution >= 0.6 is 0 Å². The lowest BCUT2D eigenvalue weighted by Gasteiger charge is -2.32. The van der Waals surface area contributed by atoms with E-state index in [9.17, 15) is 0 Å². The summed E-state index contributed by atoms with van der Waals surface area (Å²) >= 11 is 0. The molecule has 0 N–H and O–H groups in total. The molecule has 1 aromatic carbocycles. The summed E-state index contributed by atoms with van der Waals surface area (Å²) in [7, 11) is 0. The number of nitrogens with zero attached hydrogens (tertiary/aromatic N) is 3. The minimum atomic E-state index is -0.0791. The minimum Gasteiger partial charge on any atom is -0.486 e. The van der Waals surface area contributed by atoms with Gasteiger partial charge in [-0.05, 0) is 37.6 Å². The van der Waals surface area contributed by atoms with Crippen molar-refractivity contribution < 1.29 is 14.2 Å². The number of fused-ring (bicyclic) bond motifs is 1. The second kappa shape index (κ2) is 6.98. The van der Waals surface area contributed by atoms with Crippen LogP contribution in [0.25, 0.3) is 0 Å². The van der Waals surface area contributed by atoms with Crippen LogP contribution in [-0.4, -0.2) is 47.8 Å². The molecule has 132 valence electrons. The van der Waals surface area contributed by atoms with Gasteiger partial charge >= 0.3 is 0 Å². The van der Waals surface area contributed by atoms with Gasteiger partial charge in [0.25, 0.3) is 0 Å². The summed E-state index contributed by atoms with van der Waals surface area (Å²) in [5, 5.41) is 0. The Balaban J connectivity index is 1.46. The van der Waals surface area contributed by atoms with Gasteiger partial charge in [0, 0.05) is 31.0 Å². The standard InChI is InChI=1S/C19H23N3O3/c1-13-9-14(2)21-19(20-13)18-12-22(5-6-23-18)11-15-3-4-16-17(10-15)25-8-7-24-16/h3-4,9-10,18H,5-8,11-12H2,1-2H3. The predicted octanol–water partition coefficient (Wildman–Crippen LogP) is 2.44. The van der Waals surface area contributed by atoms with Gasteiger partial charge in [0.2, 0.25) is 0 Å². The van der Waals surface area contributed by atoms with Crippen LogP contribution in [0, 0.1) is 13.8 Å². The summed E-state index contributed by atoms with van der Waals surface area (Å²) in [4.78, 5) is 11.5. The van der Waals surface area contributed by atoms with Crippen molar-refractivity contribution in [3.8, 4) is 11.5 Å². The molecule has 2 aliphatic heterocycles. The lowest BCUT2D eigenvalue weighted by molar-refractivity contribution is -0.0373. The number of rotatable bonds is 3. The van der Waals surface area contributed by atoms with E-state index < -0.39 is 0 Å². The number of aromatic nitrogens is 2. The molecular formula is C19H23N3O3. The van der Waals surface area contributed by atoms with Crippen molar-refractivity contribution in [2.45, 2.75) is 26.5 Å². The van der Waals surface area contributed by atoms with Gasteiger partial charge in [-0.3, -0.25) is 4.90 Å². The molecule has 0 saturated carbocycles. The zero-order chi connectivity index (χ0) is 17.2. The molecular weight excluding hydrogens is 318 g/mol. The molecule has 1 aromatic heterocycles. The first-order chi connectivity index (χ1) is 12.2. The molecule has 3 heterocycles. The maximum atomic E-state index is 5.92. The molecule has 1 atom stereocenters. The zero-order valence-electron chi connectivity index (χ0n) is 14.7.